The maximum Gasteiger partial charge on any atom is 0.416 e. The van der Waals surface area contributed by atoms with Gasteiger partial charge in [0.25, 0.3) is 5.91 Å². The van der Waals surface area contributed by atoms with E-state index in [9.17, 15) is 31.5 Å². The minimum Gasteiger partial charge on any atom is -0.378 e. The van der Waals surface area contributed by atoms with Crippen LogP contribution in [-0.2, 0) is 21.0 Å². The van der Waals surface area contributed by atoms with E-state index in [-0.39, 0.29) is 17.9 Å². The standard InChI is InChI=1S/C13H17F3N2O4S/c1-18(2)23(21,22)8-7-17-12(20)11(19)9-3-5-10(6-4-9)13(14,15)16/h3-6,11,19H,7-8H2,1-2H3,(H,17,20)/t11-/m0/s1. The van der Waals surface area contributed by atoms with Gasteiger partial charge in [-0.2, -0.15) is 13.2 Å². The van der Waals surface area contributed by atoms with Gasteiger partial charge in [-0.3, -0.25) is 4.79 Å². The normalized spacial score (nSPS) is 13.9. The van der Waals surface area contributed by atoms with Gasteiger partial charge in [0.05, 0.1) is 11.3 Å². The van der Waals surface area contributed by atoms with Gasteiger partial charge in [0.1, 0.15) is 0 Å². The largest absolute Gasteiger partial charge is 0.416 e. The van der Waals surface area contributed by atoms with Crippen LogP contribution in [0, 0.1) is 0 Å². The van der Waals surface area contributed by atoms with Gasteiger partial charge in [0.15, 0.2) is 6.10 Å². The topological polar surface area (TPSA) is 86.7 Å². The van der Waals surface area contributed by atoms with Crippen molar-refractivity contribution in [3.05, 3.63) is 35.4 Å². The van der Waals surface area contributed by atoms with E-state index in [4.69, 9.17) is 0 Å². The summed E-state index contributed by atoms with van der Waals surface area (Å²) in [6.45, 7) is -0.225. The molecule has 1 aromatic rings. The Balaban J connectivity index is 2.64. The van der Waals surface area contributed by atoms with Crippen LogP contribution in [0.15, 0.2) is 24.3 Å². The monoisotopic (exact) mass is 354 g/mol. The number of aliphatic hydroxyl groups excluding tert-OH is 1. The van der Waals surface area contributed by atoms with Crippen molar-refractivity contribution in [2.75, 3.05) is 26.4 Å². The van der Waals surface area contributed by atoms with Crippen LogP contribution in [0.25, 0.3) is 0 Å². The minimum absolute atomic E-state index is 0.0223. The molecule has 2 N–H and O–H groups in total. The van der Waals surface area contributed by atoms with Crippen molar-refractivity contribution in [3.8, 4) is 0 Å². The van der Waals surface area contributed by atoms with Crippen LogP contribution in [0.3, 0.4) is 0 Å². The molecule has 1 aromatic carbocycles. The number of amides is 1. The van der Waals surface area contributed by atoms with Crippen molar-refractivity contribution in [3.63, 3.8) is 0 Å². The molecule has 0 saturated heterocycles. The number of carbonyl (C=O) groups excluding carboxylic acids is 1. The Morgan fingerprint density at radius 1 is 1.26 bits per heavy atom. The van der Waals surface area contributed by atoms with E-state index < -0.39 is 33.8 Å². The zero-order chi connectivity index (χ0) is 17.8. The zero-order valence-corrected chi connectivity index (χ0v) is 13.3. The van der Waals surface area contributed by atoms with Crippen molar-refractivity contribution in [1.82, 2.24) is 9.62 Å². The Labute approximate surface area is 132 Å². The number of carbonyl (C=O) groups is 1. The maximum absolute atomic E-state index is 12.4. The molecule has 0 unspecified atom stereocenters. The first-order chi connectivity index (χ1) is 10.4. The predicted molar refractivity (Wildman–Crippen MR) is 76.9 cm³/mol. The van der Waals surface area contributed by atoms with E-state index in [1.165, 1.54) is 14.1 Å². The SMILES string of the molecule is CN(C)S(=O)(=O)CCNC(=O)[C@@H](O)c1ccc(C(F)(F)F)cc1. The van der Waals surface area contributed by atoms with Crippen LogP contribution in [0.1, 0.15) is 17.2 Å². The van der Waals surface area contributed by atoms with E-state index in [1.54, 1.807) is 0 Å². The predicted octanol–water partition coefficient (Wildman–Crippen LogP) is 0.746. The van der Waals surface area contributed by atoms with Crippen molar-refractivity contribution < 1.29 is 31.5 Å². The van der Waals surface area contributed by atoms with E-state index in [2.05, 4.69) is 5.32 Å². The van der Waals surface area contributed by atoms with Gasteiger partial charge in [0.2, 0.25) is 10.0 Å². The molecular weight excluding hydrogens is 337 g/mol. The molecule has 0 radical (unpaired) electrons. The van der Waals surface area contributed by atoms with Gasteiger partial charge in [0, 0.05) is 20.6 Å². The summed E-state index contributed by atoms with van der Waals surface area (Å²) in [5.41, 5.74) is -0.920. The number of hydrogen-bond acceptors (Lipinski definition) is 4. The highest BCUT2D eigenvalue weighted by atomic mass is 32.2. The third kappa shape index (κ3) is 5.48. The van der Waals surface area contributed by atoms with Crippen LogP contribution in [0.2, 0.25) is 0 Å². The number of nitrogens with one attached hydrogen (secondary N) is 1. The number of rotatable bonds is 6. The summed E-state index contributed by atoms with van der Waals surface area (Å²) in [6, 6.07) is 3.48. The third-order valence-electron chi connectivity index (χ3n) is 3.02. The molecule has 1 amide bonds. The molecule has 10 heteroatoms. The second kappa shape index (κ2) is 7.28. The Morgan fingerprint density at radius 2 is 1.78 bits per heavy atom. The quantitative estimate of drug-likeness (QED) is 0.789. The zero-order valence-electron chi connectivity index (χ0n) is 12.5. The Hall–Kier alpha value is -1.65. The molecule has 0 aliphatic heterocycles. The second-order valence-electron chi connectivity index (χ2n) is 4.91. The summed E-state index contributed by atoms with van der Waals surface area (Å²) in [5, 5.41) is 12.0. The van der Waals surface area contributed by atoms with Gasteiger partial charge >= 0.3 is 6.18 Å². The maximum atomic E-state index is 12.4. The second-order valence-corrected chi connectivity index (χ2v) is 7.21. The van der Waals surface area contributed by atoms with Crippen LogP contribution >= 0.6 is 0 Å². The lowest BCUT2D eigenvalue weighted by Crippen LogP contribution is -2.36. The van der Waals surface area contributed by atoms with Crippen LogP contribution in [0.5, 0.6) is 0 Å². The summed E-state index contributed by atoms with van der Waals surface area (Å²) < 4.78 is 61.2. The molecule has 0 saturated carbocycles. The molecule has 0 bridgehead atoms. The van der Waals surface area contributed by atoms with Gasteiger partial charge < -0.3 is 10.4 Å². The summed E-state index contributed by atoms with van der Waals surface area (Å²) in [6.07, 6.45) is -6.19. The molecule has 0 heterocycles. The molecule has 0 aliphatic carbocycles. The van der Waals surface area contributed by atoms with Crippen molar-refractivity contribution >= 4 is 15.9 Å². The summed E-state index contributed by atoms with van der Waals surface area (Å²) >= 11 is 0. The Bertz CT molecular complexity index is 642. The summed E-state index contributed by atoms with van der Waals surface area (Å²) in [7, 11) is -0.811. The lowest BCUT2D eigenvalue weighted by Gasteiger charge is -2.14. The first-order valence-corrected chi connectivity index (χ1v) is 8.09. The van der Waals surface area contributed by atoms with E-state index >= 15 is 0 Å². The first kappa shape index (κ1) is 19.4. The summed E-state index contributed by atoms with van der Waals surface area (Å²) in [5.74, 6) is -1.25. The number of hydrogen-bond donors (Lipinski definition) is 2. The Kier molecular flexibility index (Phi) is 6.14. The minimum atomic E-state index is -4.51. The molecule has 23 heavy (non-hydrogen) atoms. The van der Waals surface area contributed by atoms with E-state index in [1.807, 2.05) is 0 Å². The van der Waals surface area contributed by atoms with Gasteiger partial charge in [-0.15, -0.1) is 0 Å². The number of nitrogens with zero attached hydrogens (tertiary/aromatic N) is 1. The third-order valence-corrected chi connectivity index (χ3v) is 4.85. The van der Waals surface area contributed by atoms with Gasteiger partial charge in [-0.1, -0.05) is 12.1 Å². The first-order valence-electron chi connectivity index (χ1n) is 6.48. The number of sulfonamides is 1. The number of alkyl halides is 3. The Morgan fingerprint density at radius 3 is 2.22 bits per heavy atom. The molecule has 1 atom stereocenters. The van der Waals surface area contributed by atoms with Crippen LogP contribution < -0.4 is 5.32 Å². The van der Waals surface area contributed by atoms with E-state index in [0.717, 1.165) is 28.6 Å². The van der Waals surface area contributed by atoms with E-state index in [0.29, 0.717) is 0 Å². The fraction of sp³-hybridized carbons (Fsp3) is 0.462. The fourth-order valence-electron chi connectivity index (χ4n) is 1.59. The average Bonchev–Trinajstić information content (AvgIpc) is 2.45. The molecule has 6 nitrogen and oxygen atoms in total. The molecular formula is C13H17F3N2O4S. The number of halogens is 3. The highest BCUT2D eigenvalue weighted by Gasteiger charge is 2.30. The molecule has 0 aliphatic rings. The van der Waals surface area contributed by atoms with Crippen LogP contribution in [-0.4, -0.2) is 50.1 Å². The molecule has 0 fully saturated rings. The van der Waals surface area contributed by atoms with Crippen molar-refractivity contribution in [1.29, 1.82) is 0 Å². The average molecular weight is 354 g/mol. The molecule has 0 spiro atoms. The van der Waals surface area contributed by atoms with Crippen LogP contribution in [0.4, 0.5) is 13.2 Å². The lowest BCUT2D eigenvalue weighted by atomic mass is 10.1. The van der Waals surface area contributed by atoms with Gasteiger partial charge in [-0.25, -0.2) is 12.7 Å². The lowest BCUT2D eigenvalue weighted by molar-refractivity contribution is -0.137. The van der Waals surface area contributed by atoms with Gasteiger partial charge in [-0.05, 0) is 17.7 Å². The highest BCUT2D eigenvalue weighted by molar-refractivity contribution is 7.89. The van der Waals surface area contributed by atoms with Crippen molar-refractivity contribution in [2.45, 2.75) is 12.3 Å². The molecule has 130 valence electrons. The number of benzene rings is 1. The fourth-order valence-corrected chi connectivity index (χ4v) is 2.31. The molecule has 0 aromatic heterocycles. The summed E-state index contributed by atoms with van der Waals surface area (Å²) in [4.78, 5) is 11.7. The smallest absolute Gasteiger partial charge is 0.378 e. The molecule has 1 rings (SSSR count). The van der Waals surface area contributed by atoms with Crippen molar-refractivity contribution in [2.24, 2.45) is 0 Å². The number of aliphatic hydroxyl groups is 1. The highest BCUT2D eigenvalue weighted by Crippen LogP contribution is 2.29.